The molecule has 0 radical (unpaired) electrons. The highest BCUT2D eigenvalue weighted by Gasteiger charge is 2.21. The molecule has 1 heterocycles. The van der Waals surface area contributed by atoms with Gasteiger partial charge in [-0.15, -0.1) is 0 Å². The van der Waals surface area contributed by atoms with Crippen LogP contribution in [-0.2, 0) is 13.2 Å². The molecule has 0 saturated heterocycles. The van der Waals surface area contributed by atoms with Crippen LogP contribution in [0.1, 0.15) is 29.9 Å². The lowest BCUT2D eigenvalue weighted by Gasteiger charge is -2.04. The standard InChI is InChI=1S/C16H18BrNO2/c1-11-8-15(20-16(11)9-18-13-4-5-13)10-19-14-6-2-12(17)3-7-14/h2-3,6-8,13,18H,4-5,9-10H2,1H3. The minimum atomic E-state index is 0.464. The van der Waals surface area contributed by atoms with E-state index in [9.17, 15) is 0 Å². The molecular formula is C16H18BrNO2. The van der Waals surface area contributed by atoms with Crippen LogP contribution in [0.25, 0.3) is 0 Å². The van der Waals surface area contributed by atoms with Gasteiger partial charge in [0, 0.05) is 10.5 Å². The Morgan fingerprint density at radius 3 is 2.75 bits per heavy atom. The Hall–Kier alpha value is -1.26. The minimum absolute atomic E-state index is 0.464. The first-order chi connectivity index (χ1) is 9.70. The Bertz CT molecular complexity index is 573. The van der Waals surface area contributed by atoms with E-state index in [1.54, 1.807) is 0 Å². The average Bonchev–Trinajstić information content (AvgIpc) is 3.20. The van der Waals surface area contributed by atoms with E-state index >= 15 is 0 Å². The fraction of sp³-hybridized carbons (Fsp3) is 0.375. The third kappa shape index (κ3) is 3.64. The molecule has 1 fully saturated rings. The van der Waals surface area contributed by atoms with Crippen molar-refractivity contribution >= 4 is 15.9 Å². The molecule has 0 spiro atoms. The lowest BCUT2D eigenvalue weighted by atomic mass is 10.2. The van der Waals surface area contributed by atoms with Gasteiger partial charge < -0.3 is 14.5 Å². The molecule has 0 aliphatic heterocycles. The number of ether oxygens (including phenoxy) is 1. The maximum Gasteiger partial charge on any atom is 0.146 e. The van der Waals surface area contributed by atoms with Crippen LogP contribution in [0.15, 0.2) is 39.2 Å². The number of hydrogen-bond acceptors (Lipinski definition) is 3. The maximum atomic E-state index is 5.84. The second kappa shape index (κ2) is 6.02. The van der Waals surface area contributed by atoms with Crippen molar-refractivity contribution in [2.24, 2.45) is 0 Å². The van der Waals surface area contributed by atoms with Gasteiger partial charge in [-0.3, -0.25) is 0 Å². The third-order valence-corrected chi connectivity index (χ3v) is 3.92. The Balaban J connectivity index is 1.56. The molecule has 2 aromatic rings. The zero-order valence-corrected chi connectivity index (χ0v) is 13.1. The van der Waals surface area contributed by atoms with E-state index in [1.807, 2.05) is 24.3 Å². The van der Waals surface area contributed by atoms with Crippen LogP contribution in [-0.4, -0.2) is 6.04 Å². The van der Waals surface area contributed by atoms with Gasteiger partial charge in [-0.25, -0.2) is 0 Å². The van der Waals surface area contributed by atoms with Gasteiger partial charge in [-0.1, -0.05) is 15.9 Å². The third-order valence-electron chi connectivity index (χ3n) is 3.39. The SMILES string of the molecule is Cc1cc(COc2ccc(Br)cc2)oc1CNC1CC1. The summed E-state index contributed by atoms with van der Waals surface area (Å²) in [6.45, 7) is 3.36. The van der Waals surface area contributed by atoms with Crippen LogP contribution in [0.2, 0.25) is 0 Å². The lowest BCUT2D eigenvalue weighted by Crippen LogP contribution is -2.15. The van der Waals surface area contributed by atoms with Gasteiger partial charge in [0.2, 0.25) is 0 Å². The van der Waals surface area contributed by atoms with E-state index in [4.69, 9.17) is 9.15 Å². The zero-order valence-electron chi connectivity index (χ0n) is 11.5. The first-order valence-electron chi connectivity index (χ1n) is 6.90. The molecule has 0 atom stereocenters. The molecule has 0 amide bonds. The van der Waals surface area contributed by atoms with E-state index in [1.165, 1.54) is 18.4 Å². The molecule has 0 bridgehead atoms. The van der Waals surface area contributed by atoms with Crippen molar-refractivity contribution in [1.29, 1.82) is 0 Å². The topological polar surface area (TPSA) is 34.4 Å². The predicted molar refractivity (Wildman–Crippen MR) is 81.8 cm³/mol. The summed E-state index contributed by atoms with van der Waals surface area (Å²) >= 11 is 3.41. The lowest BCUT2D eigenvalue weighted by molar-refractivity contribution is 0.265. The van der Waals surface area contributed by atoms with E-state index in [2.05, 4.69) is 34.2 Å². The Morgan fingerprint density at radius 1 is 1.30 bits per heavy atom. The quantitative estimate of drug-likeness (QED) is 0.859. The molecule has 4 heteroatoms. The van der Waals surface area contributed by atoms with Crippen LogP contribution in [0.5, 0.6) is 5.75 Å². The molecule has 1 aromatic carbocycles. The summed E-state index contributed by atoms with van der Waals surface area (Å²) in [5.74, 6) is 2.74. The summed E-state index contributed by atoms with van der Waals surface area (Å²) in [6, 6.07) is 10.6. The van der Waals surface area contributed by atoms with Crippen molar-refractivity contribution < 1.29 is 9.15 Å². The molecule has 1 aromatic heterocycles. The average molecular weight is 336 g/mol. The number of rotatable bonds is 6. The van der Waals surface area contributed by atoms with Crippen molar-refractivity contribution in [3.05, 3.63) is 51.9 Å². The molecule has 0 unspecified atom stereocenters. The van der Waals surface area contributed by atoms with Crippen LogP contribution >= 0.6 is 15.9 Å². The van der Waals surface area contributed by atoms with Crippen molar-refractivity contribution in [2.75, 3.05) is 0 Å². The van der Waals surface area contributed by atoms with Crippen molar-refractivity contribution in [1.82, 2.24) is 5.32 Å². The Labute approximate surface area is 127 Å². The monoisotopic (exact) mass is 335 g/mol. The summed E-state index contributed by atoms with van der Waals surface area (Å²) in [5.41, 5.74) is 1.19. The van der Waals surface area contributed by atoms with Crippen LogP contribution < -0.4 is 10.1 Å². The summed E-state index contributed by atoms with van der Waals surface area (Å²) in [4.78, 5) is 0. The fourth-order valence-corrected chi connectivity index (χ4v) is 2.31. The van der Waals surface area contributed by atoms with Gasteiger partial charge in [0.1, 0.15) is 23.9 Å². The van der Waals surface area contributed by atoms with Gasteiger partial charge in [0.15, 0.2) is 0 Å². The van der Waals surface area contributed by atoms with Crippen LogP contribution in [0, 0.1) is 6.92 Å². The van der Waals surface area contributed by atoms with Gasteiger partial charge in [-0.2, -0.15) is 0 Å². The Morgan fingerprint density at radius 2 is 2.05 bits per heavy atom. The molecule has 3 rings (SSSR count). The number of nitrogens with one attached hydrogen (secondary N) is 1. The largest absolute Gasteiger partial charge is 0.486 e. The second-order valence-corrected chi connectivity index (χ2v) is 6.13. The normalized spacial score (nSPS) is 14.5. The number of hydrogen-bond donors (Lipinski definition) is 1. The van der Waals surface area contributed by atoms with Crippen molar-refractivity contribution in [2.45, 2.75) is 39.0 Å². The molecule has 1 aliphatic carbocycles. The van der Waals surface area contributed by atoms with Crippen molar-refractivity contribution in [3.8, 4) is 5.75 Å². The second-order valence-electron chi connectivity index (χ2n) is 5.22. The van der Waals surface area contributed by atoms with Gasteiger partial charge in [-0.05, 0) is 55.7 Å². The summed E-state index contributed by atoms with van der Waals surface area (Å²) in [7, 11) is 0. The molecule has 1 aliphatic rings. The minimum Gasteiger partial charge on any atom is -0.486 e. The van der Waals surface area contributed by atoms with Crippen LogP contribution in [0.3, 0.4) is 0 Å². The summed E-state index contributed by atoms with van der Waals surface area (Å²) in [5, 5.41) is 3.47. The smallest absolute Gasteiger partial charge is 0.146 e. The number of benzene rings is 1. The highest BCUT2D eigenvalue weighted by atomic mass is 79.9. The molecule has 20 heavy (non-hydrogen) atoms. The van der Waals surface area contributed by atoms with Gasteiger partial charge in [0.05, 0.1) is 6.54 Å². The predicted octanol–water partition coefficient (Wildman–Crippen LogP) is 4.18. The number of halogens is 1. The van der Waals surface area contributed by atoms with E-state index in [0.717, 1.165) is 28.3 Å². The number of aryl methyl sites for hydroxylation is 1. The first kappa shape index (κ1) is 13.7. The summed E-state index contributed by atoms with van der Waals surface area (Å²) < 4.78 is 12.6. The van der Waals surface area contributed by atoms with E-state index in [-0.39, 0.29) is 0 Å². The van der Waals surface area contributed by atoms with Crippen molar-refractivity contribution in [3.63, 3.8) is 0 Å². The van der Waals surface area contributed by atoms with E-state index < -0.39 is 0 Å². The van der Waals surface area contributed by atoms with Gasteiger partial charge in [0.25, 0.3) is 0 Å². The van der Waals surface area contributed by atoms with Gasteiger partial charge >= 0.3 is 0 Å². The summed E-state index contributed by atoms with van der Waals surface area (Å²) in [6.07, 6.45) is 2.58. The number of furan rings is 1. The van der Waals surface area contributed by atoms with E-state index in [0.29, 0.717) is 12.6 Å². The molecule has 1 N–H and O–H groups in total. The maximum absolute atomic E-state index is 5.84. The fourth-order valence-electron chi connectivity index (χ4n) is 2.05. The first-order valence-corrected chi connectivity index (χ1v) is 7.70. The molecule has 3 nitrogen and oxygen atoms in total. The molecular weight excluding hydrogens is 318 g/mol. The molecule has 106 valence electrons. The Kier molecular flexibility index (Phi) is 4.13. The van der Waals surface area contributed by atoms with Crippen LogP contribution in [0.4, 0.5) is 0 Å². The highest BCUT2D eigenvalue weighted by Crippen LogP contribution is 2.22. The highest BCUT2D eigenvalue weighted by molar-refractivity contribution is 9.10. The molecule has 1 saturated carbocycles. The zero-order chi connectivity index (χ0) is 13.9.